The molecule has 0 aliphatic heterocycles. The van der Waals surface area contributed by atoms with Crippen molar-refractivity contribution in [3.8, 4) is 0 Å². The lowest BCUT2D eigenvalue weighted by Gasteiger charge is -2.07. The van der Waals surface area contributed by atoms with Crippen LogP contribution in [-0.2, 0) is 20.2 Å². The van der Waals surface area contributed by atoms with Gasteiger partial charge in [-0.3, -0.25) is 29.3 Å². The molecule has 0 bridgehead atoms. The van der Waals surface area contributed by atoms with Crippen LogP contribution in [0, 0.1) is 20.2 Å². The minimum absolute atomic E-state index is 0.421. The molecular formula is C10H6N2O10S2. The van der Waals surface area contributed by atoms with Gasteiger partial charge in [0, 0.05) is 0 Å². The molecular weight excluding hydrogens is 372 g/mol. The van der Waals surface area contributed by atoms with Gasteiger partial charge in [0.05, 0.1) is 15.2 Å². The molecule has 0 amide bonds. The van der Waals surface area contributed by atoms with Crippen molar-refractivity contribution in [2.75, 3.05) is 0 Å². The van der Waals surface area contributed by atoms with E-state index in [0.717, 1.165) is 18.2 Å². The number of fused-ring (bicyclic) bond motifs is 1. The average molecular weight is 378 g/mol. The van der Waals surface area contributed by atoms with Crippen LogP contribution in [-0.4, -0.2) is 35.8 Å². The molecule has 0 aromatic heterocycles. The molecule has 0 spiro atoms. The predicted octanol–water partition coefficient (Wildman–Crippen LogP) is 1.15. The Labute approximate surface area is 133 Å². The molecule has 0 heterocycles. The number of hydrogen-bond acceptors (Lipinski definition) is 8. The Morgan fingerprint density at radius 1 is 0.833 bits per heavy atom. The molecule has 24 heavy (non-hydrogen) atoms. The number of nitrogens with zero attached hydrogens (tertiary/aromatic N) is 2. The topological polar surface area (TPSA) is 195 Å². The maximum atomic E-state index is 11.4. The first kappa shape index (κ1) is 17.7. The molecule has 2 rings (SSSR count). The summed E-state index contributed by atoms with van der Waals surface area (Å²) in [6.45, 7) is 0. The molecule has 12 nitrogen and oxygen atoms in total. The summed E-state index contributed by atoms with van der Waals surface area (Å²) >= 11 is 0. The van der Waals surface area contributed by atoms with Crippen molar-refractivity contribution >= 4 is 42.4 Å². The Morgan fingerprint density at radius 3 is 1.75 bits per heavy atom. The smallest absolute Gasteiger partial charge is 0.282 e. The molecule has 0 radical (unpaired) electrons. The van der Waals surface area contributed by atoms with E-state index in [9.17, 15) is 37.1 Å². The van der Waals surface area contributed by atoms with Crippen molar-refractivity contribution in [3.63, 3.8) is 0 Å². The molecule has 2 N–H and O–H groups in total. The van der Waals surface area contributed by atoms with Gasteiger partial charge in [0.2, 0.25) is 0 Å². The molecule has 0 aliphatic rings. The highest BCUT2D eigenvalue weighted by molar-refractivity contribution is 7.86. The van der Waals surface area contributed by atoms with Crippen LogP contribution < -0.4 is 0 Å². The molecule has 0 aliphatic carbocycles. The van der Waals surface area contributed by atoms with Gasteiger partial charge in [-0.15, -0.1) is 0 Å². The maximum absolute atomic E-state index is 11.4. The molecule has 2 aromatic carbocycles. The third kappa shape index (κ3) is 2.90. The second kappa shape index (κ2) is 5.45. The summed E-state index contributed by atoms with van der Waals surface area (Å²) < 4.78 is 63.7. The Balaban J connectivity index is 3.30. The third-order valence-electron chi connectivity index (χ3n) is 2.96. The molecule has 0 atom stereocenters. The standard InChI is InChI=1S/C10H6N2O10S2/c13-11(14)9-7(24(20,21)22)4-5-2-1-3-6(23(17,18)19)8(5)10(9)12(15)16/h1-4H,(H,17,18,19)(H,20,21,22). The second-order valence-electron chi connectivity index (χ2n) is 4.39. The van der Waals surface area contributed by atoms with Gasteiger partial charge >= 0.3 is 21.5 Å². The fourth-order valence-corrected chi connectivity index (χ4v) is 3.55. The van der Waals surface area contributed by atoms with E-state index in [4.69, 9.17) is 9.11 Å². The van der Waals surface area contributed by atoms with E-state index in [2.05, 4.69) is 0 Å². The van der Waals surface area contributed by atoms with Crippen molar-refractivity contribution in [2.45, 2.75) is 9.79 Å². The van der Waals surface area contributed by atoms with Crippen LogP contribution in [0.15, 0.2) is 34.1 Å². The van der Waals surface area contributed by atoms with Crippen molar-refractivity contribution in [1.29, 1.82) is 0 Å². The number of hydrogen-bond donors (Lipinski definition) is 2. The van der Waals surface area contributed by atoms with E-state index in [1.54, 1.807) is 0 Å². The highest BCUT2D eigenvalue weighted by Crippen LogP contribution is 2.42. The SMILES string of the molecule is O=[N+]([O-])c1c(S(=O)(=O)O)cc2cccc(S(=O)(=O)O)c2c1[N+](=O)[O-]. The number of benzene rings is 2. The summed E-state index contributed by atoms with van der Waals surface area (Å²) in [5, 5.41) is 21.1. The predicted molar refractivity (Wildman–Crippen MR) is 76.9 cm³/mol. The van der Waals surface area contributed by atoms with Gasteiger partial charge in [-0.1, -0.05) is 12.1 Å². The highest BCUT2D eigenvalue weighted by atomic mass is 32.2. The summed E-state index contributed by atoms with van der Waals surface area (Å²) in [4.78, 5) is 17.2. The van der Waals surface area contributed by atoms with Crippen molar-refractivity contribution < 1.29 is 35.8 Å². The van der Waals surface area contributed by atoms with Gasteiger partial charge < -0.3 is 0 Å². The first-order chi connectivity index (χ1) is 10.9. The van der Waals surface area contributed by atoms with Gasteiger partial charge in [0.25, 0.3) is 10.1 Å². The fourth-order valence-electron chi connectivity index (χ4n) is 2.13. The monoisotopic (exact) mass is 378 g/mol. The Bertz CT molecular complexity index is 1100. The molecule has 0 unspecified atom stereocenters. The summed E-state index contributed by atoms with van der Waals surface area (Å²) in [5.74, 6) is 0. The lowest BCUT2D eigenvalue weighted by Crippen LogP contribution is -2.09. The van der Waals surface area contributed by atoms with Crippen LogP contribution >= 0.6 is 0 Å². The minimum Gasteiger partial charge on any atom is -0.282 e. The van der Waals surface area contributed by atoms with E-state index < -0.39 is 62.0 Å². The van der Waals surface area contributed by atoms with Crippen molar-refractivity contribution in [1.82, 2.24) is 0 Å². The second-order valence-corrected chi connectivity index (χ2v) is 7.17. The zero-order valence-corrected chi connectivity index (χ0v) is 12.8. The van der Waals surface area contributed by atoms with Gasteiger partial charge in [0.1, 0.15) is 4.90 Å². The van der Waals surface area contributed by atoms with Gasteiger partial charge in [-0.05, 0) is 17.5 Å². The summed E-state index contributed by atoms with van der Waals surface area (Å²) in [6, 6.07) is 3.30. The van der Waals surface area contributed by atoms with E-state index >= 15 is 0 Å². The number of rotatable bonds is 4. The molecule has 0 fully saturated rings. The first-order valence-electron chi connectivity index (χ1n) is 5.69. The van der Waals surface area contributed by atoms with E-state index in [1.807, 2.05) is 0 Å². The quantitative estimate of drug-likeness (QED) is 0.442. The Kier molecular flexibility index (Phi) is 4.01. The van der Waals surface area contributed by atoms with Crippen molar-refractivity contribution in [3.05, 3.63) is 44.5 Å². The van der Waals surface area contributed by atoms with Crippen LogP contribution in [0.1, 0.15) is 0 Å². The van der Waals surface area contributed by atoms with E-state index in [-0.39, 0.29) is 0 Å². The molecule has 0 saturated heterocycles. The number of nitro benzene ring substituents is 2. The normalized spacial score (nSPS) is 12.2. The third-order valence-corrected chi connectivity index (χ3v) is 4.72. The minimum atomic E-state index is -5.23. The Morgan fingerprint density at radius 2 is 1.33 bits per heavy atom. The molecule has 2 aromatic rings. The highest BCUT2D eigenvalue weighted by Gasteiger charge is 2.39. The maximum Gasteiger partial charge on any atom is 0.367 e. The van der Waals surface area contributed by atoms with Crippen LogP contribution in [0.25, 0.3) is 10.8 Å². The largest absolute Gasteiger partial charge is 0.367 e. The molecule has 14 heteroatoms. The lowest BCUT2D eigenvalue weighted by atomic mass is 10.1. The van der Waals surface area contributed by atoms with Crippen LogP contribution in [0.3, 0.4) is 0 Å². The molecule has 0 saturated carbocycles. The van der Waals surface area contributed by atoms with E-state index in [0.29, 0.717) is 6.07 Å². The van der Waals surface area contributed by atoms with Crippen LogP contribution in [0.5, 0.6) is 0 Å². The fraction of sp³-hybridized carbons (Fsp3) is 0. The lowest BCUT2D eigenvalue weighted by molar-refractivity contribution is -0.423. The zero-order chi connectivity index (χ0) is 18.4. The summed E-state index contributed by atoms with van der Waals surface area (Å²) in [6.07, 6.45) is 0. The van der Waals surface area contributed by atoms with Gasteiger partial charge in [-0.25, -0.2) is 0 Å². The average Bonchev–Trinajstić information content (AvgIpc) is 2.41. The molecule has 128 valence electrons. The van der Waals surface area contributed by atoms with Crippen LogP contribution in [0.2, 0.25) is 0 Å². The van der Waals surface area contributed by atoms with Crippen molar-refractivity contribution in [2.24, 2.45) is 0 Å². The van der Waals surface area contributed by atoms with Gasteiger partial charge in [-0.2, -0.15) is 16.8 Å². The van der Waals surface area contributed by atoms with E-state index in [1.165, 1.54) is 0 Å². The first-order valence-corrected chi connectivity index (χ1v) is 8.57. The van der Waals surface area contributed by atoms with Gasteiger partial charge in [0.15, 0.2) is 4.90 Å². The summed E-state index contributed by atoms with van der Waals surface area (Å²) in [5.41, 5.74) is -3.11. The van der Waals surface area contributed by atoms with Crippen LogP contribution in [0.4, 0.5) is 11.4 Å². The Hall–Kier alpha value is -2.68. The zero-order valence-electron chi connectivity index (χ0n) is 11.2. The number of nitro groups is 2. The summed E-state index contributed by atoms with van der Waals surface area (Å²) in [7, 11) is -10.2.